The van der Waals surface area contributed by atoms with Crippen molar-refractivity contribution in [1.29, 1.82) is 0 Å². The Labute approximate surface area is 206 Å². The Morgan fingerprint density at radius 2 is 1.66 bits per heavy atom. The molecule has 0 saturated carbocycles. The van der Waals surface area contributed by atoms with Gasteiger partial charge < -0.3 is 10.2 Å². The highest BCUT2D eigenvalue weighted by atomic mass is 35.5. The van der Waals surface area contributed by atoms with E-state index in [2.05, 4.69) is 5.32 Å². The van der Waals surface area contributed by atoms with Crippen molar-refractivity contribution in [2.75, 3.05) is 5.75 Å². The third-order valence-electron chi connectivity index (χ3n) is 5.39. The fraction of sp³-hybridized carbons (Fsp3) is 0.440. The number of nitrogens with zero attached hydrogens (tertiary/aromatic N) is 1. The van der Waals surface area contributed by atoms with Crippen molar-refractivity contribution >= 4 is 46.8 Å². The Kier molecular flexibility index (Phi) is 10.9. The molecule has 0 spiro atoms. The van der Waals surface area contributed by atoms with Crippen LogP contribution in [0.15, 0.2) is 42.5 Å². The average molecular weight is 496 g/mol. The van der Waals surface area contributed by atoms with Gasteiger partial charge in [0.25, 0.3) is 0 Å². The van der Waals surface area contributed by atoms with Crippen LogP contribution in [-0.2, 0) is 21.9 Å². The van der Waals surface area contributed by atoms with Crippen molar-refractivity contribution in [3.05, 3.63) is 69.2 Å². The molecular weight excluding hydrogens is 463 g/mol. The zero-order valence-corrected chi connectivity index (χ0v) is 21.5. The number of carbonyl (C=O) groups excluding carboxylic acids is 2. The molecule has 4 nitrogen and oxygen atoms in total. The molecule has 0 fully saturated rings. The first-order valence-corrected chi connectivity index (χ1v) is 12.8. The van der Waals surface area contributed by atoms with Gasteiger partial charge in [0.15, 0.2) is 0 Å². The molecule has 0 bridgehead atoms. The molecule has 0 saturated heterocycles. The van der Waals surface area contributed by atoms with Gasteiger partial charge in [-0.15, -0.1) is 11.8 Å². The summed E-state index contributed by atoms with van der Waals surface area (Å²) in [4.78, 5) is 28.0. The van der Waals surface area contributed by atoms with Crippen LogP contribution in [0.25, 0.3) is 0 Å². The Bertz CT molecular complexity index is 885. The minimum absolute atomic E-state index is 0.0598. The van der Waals surface area contributed by atoms with Crippen LogP contribution in [0, 0.1) is 6.92 Å². The van der Waals surface area contributed by atoms with E-state index in [4.69, 9.17) is 23.2 Å². The van der Waals surface area contributed by atoms with E-state index in [0.717, 1.165) is 23.1 Å². The van der Waals surface area contributed by atoms with Gasteiger partial charge in [-0.2, -0.15) is 0 Å². The third-order valence-corrected chi connectivity index (χ3v) is 7.05. The first kappa shape index (κ1) is 26.6. The third kappa shape index (κ3) is 7.72. The van der Waals surface area contributed by atoms with Crippen LogP contribution in [0.5, 0.6) is 0 Å². The summed E-state index contributed by atoms with van der Waals surface area (Å²) < 4.78 is 0. The lowest BCUT2D eigenvalue weighted by molar-refractivity contribution is -0.139. The predicted molar refractivity (Wildman–Crippen MR) is 136 cm³/mol. The average Bonchev–Trinajstić information content (AvgIpc) is 2.76. The predicted octanol–water partition coefficient (Wildman–Crippen LogP) is 6.26. The van der Waals surface area contributed by atoms with Crippen LogP contribution in [0.2, 0.25) is 10.0 Å². The Morgan fingerprint density at radius 3 is 2.22 bits per heavy atom. The van der Waals surface area contributed by atoms with Gasteiger partial charge in [0.2, 0.25) is 11.8 Å². The molecule has 2 atom stereocenters. The largest absolute Gasteiger partial charge is 0.352 e. The van der Waals surface area contributed by atoms with E-state index in [-0.39, 0.29) is 23.6 Å². The van der Waals surface area contributed by atoms with Crippen molar-refractivity contribution in [3.8, 4) is 0 Å². The molecule has 32 heavy (non-hydrogen) atoms. The Hall–Kier alpha value is -1.69. The number of halogens is 2. The van der Waals surface area contributed by atoms with Crippen molar-refractivity contribution in [2.45, 2.75) is 64.9 Å². The van der Waals surface area contributed by atoms with Gasteiger partial charge in [-0.3, -0.25) is 9.59 Å². The number of amides is 2. The maximum atomic E-state index is 13.3. The fourth-order valence-corrected chi connectivity index (χ4v) is 4.89. The van der Waals surface area contributed by atoms with Crippen molar-refractivity contribution in [2.24, 2.45) is 0 Å². The SMILES string of the molecule is CC[C@H](C(=O)N[C@@H](C)CC)N(Cc1ccc(C)cc1)C(=O)CSCc1c(Cl)cccc1Cl. The number of aryl methyl sites for hydroxylation is 1. The van der Waals surface area contributed by atoms with Crippen LogP contribution in [-0.4, -0.2) is 34.6 Å². The van der Waals surface area contributed by atoms with Crippen LogP contribution < -0.4 is 5.32 Å². The summed E-state index contributed by atoms with van der Waals surface area (Å²) in [7, 11) is 0. The lowest BCUT2D eigenvalue weighted by Crippen LogP contribution is -2.51. The molecule has 174 valence electrons. The summed E-state index contributed by atoms with van der Waals surface area (Å²) in [5.74, 6) is 0.574. The number of hydrogen-bond acceptors (Lipinski definition) is 3. The van der Waals surface area contributed by atoms with Gasteiger partial charge >= 0.3 is 0 Å². The van der Waals surface area contributed by atoms with E-state index in [0.29, 0.717) is 28.8 Å². The minimum Gasteiger partial charge on any atom is -0.352 e. The Morgan fingerprint density at radius 1 is 1.03 bits per heavy atom. The second kappa shape index (κ2) is 13.1. The molecule has 0 aromatic heterocycles. The van der Waals surface area contributed by atoms with Crippen LogP contribution in [0.3, 0.4) is 0 Å². The maximum absolute atomic E-state index is 13.3. The van der Waals surface area contributed by atoms with Gasteiger partial charge in [0.05, 0.1) is 5.75 Å². The molecule has 2 aromatic rings. The van der Waals surface area contributed by atoms with Gasteiger partial charge in [-0.1, -0.05) is 72.9 Å². The number of carbonyl (C=O) groups is 2. The Balaban J connectivity index is 2.16. The molecule has 2 aromatic carbocycles. The minimum atomic E-state index is -0.526. The smallest absolute Gasteiger partial charge is 0.243 e. The number of thioether (sulfide) groups is 1. The van der Waals surface area contributed by atoms with Gasteiger partial charge in [-0.25, -0.2) is 0 Å². The fourth-order valence-electron chi connectivity index (χ4n) is 3.24. The van der Waals surface area contributed by atoms with Crippen molar-refractivity contribution in [1.82, 2.24) is 10.2 Å². The normalized spacial score (nSPS) is 12.8. The van der Waals surface area contributed by atoms with Gasteiger partial charge in [-0.05, 0) is 49.9 Å². The number of benzene rings is 2. The molecule has 0 aliphatic rings. The van der Waals surface area contributed by atoms with E-state index in [1.165, 1.54) is 11.8 Å². The number of hydrogen-bond donors (Lipinski definition) is 1. The molecule has 7 heteroatoms. The second-order valence-corrected chi connectivity index (χ2v) is 9.74. The summed E-state index contributed by atoms with van der Waals surface area (Å²) in [5.41, 5.74) is 2.97. The first-order chi connectivity index (χ1) is 15.3. The molecule has 0 unspecified atom stereocenters. The number of nitrogens with one attached hydrogen (secondary N) is 1. The lowest BCUT2D eigenvalue weighted by Gasteiger charge is -2.31. The van der Waals surface area contributed by atoms with E-state index in [1.807, 2.05) is 52.0 Å². The first-order valence-electron chi connectivity index (χ1n) is 10.9. The van der Waals surface area contributed by atoms with Crippen LogP contribution in [0.1, 0.15) is 50.3 Å². The van der Waals surface area contributed by atoms with E-state index in [9.17, 15) is 9.59 Å². The molecule has 1 N–H and O–H groups in total. The molecule has 0 heterocycles. The van der Waals surface area contributed by atoms with E-state index >= 15 is 0 Å². The molecule has 2 rings (SSSR count). The lowest BCUT2D eigenvalue weighted by atomic mass is 10.1. The summed E-state index contributed by atoms with van der Waals surface area (Å²) in [5, 5.41) is 4.22. The molecule has 0 aliphatic carbocycles. The number of rotatable bonds is 11. The van der Waals surface area contributed by atoms with Crippen LogP contribution in [0.4, 0.5) is 0 Å². The molecular formula is C25H32Cl2N2O2S. The zero-order valence-electron chi connectivity index (χ0n) is 19.2. The zero-order chi connectivity index (χ0) is 23.7. The summed E-state index contributed by atoms with van der Waals surface area (Å²) in [6.07, 6.45) is 1.38. The highest BCUT2D eigenvalue weighted by Crippen LogP contribution is 2.28. The second-order valence-electron chi connectivity index (χ2n) is 7.94. The van der Waals surface area contributed by atoms with Crippen LogP contribution >= 0.6 is 35.0 Å². The van der Waals surface area contributed by atoms with E-state index < -0.39 is 6.04 Å². The topological polar surface area (TPSA) is 49.4 Å². The molecule has 0 radical (unpaired) electrons. The van der Waals surface area contributed by atoms with Crippen molar-refractivity contribution < 1.29 is 9.59 Å². The quantitative estimate of drug-likeness (QED) is 0.401. The highest BCUT2D eigenvalue weighted by Gasteiger charge is 2.29. The van der Waals surface area contributed by atoms with Crippen molar-refractivity contribution in [3.63, 3.8) is 0 Å². The summed E-state index contributed by atoms with van der Waals surface area (Å²) in [6.45, 7) is 8.35. The molecule has 2 amide bonds. The van der Waals surface area contributed by atoms with Gasteiger partial charge in [0.1, 0.15) is 6.04 Å². The summed E-state index contributed by atoms with van der Waals surface area (Å²) in [6, 6.07) is 13.0. The standard InChI is InChI=1S/C25H32Cl2N2O2S/c1-5-18(4)28-25(31)23(6-2)29(14-19-12-10-17(3)11-13-19)24(30)16-32-15-20-21(26)8-7-9-22(20)27/h7-13,18,23H,5-6,14-16H2,1-4H3,(H,28,31)/t18-,23+/m0/s1. The maximum Gasteiger partial charge on any atom is 0.243 e. The highest BCUT2D eigenvalue weighted by molar-refractivity contribution is 7.99. The van der Waals surface area contributed by atoms with Gasteiger partial charge in [0, 0.05) is 28.4 Å². The molecule has 0 aliphatic heterocycles. The monoisotopic (exact) mass is 494 g/mol. The van der Waals surface area contributed by atoms with E-state index in [1.54, 1.807) is 23.1 Å². The summed E-state index contributed by atoms with van der Waals surface area (Å²) >= 11 is 14.0.